The fourth-order valence-corrected chi connectivity index (χ4v) is 10.6. The number of nitrogens with zero attached hydrogens (tertiary/aromatic N) is 1. The highest BCUT2D eigenvalue weighted by molar-refractivity contribution is 7.95. The lowest BCUT2D eigenvalue weighted by Gasteiger charge is -2.30. The minimum absolute atomic E-state index is 0. The standard InChI is InChI=1S/C38H57NP.2ClH/c1-4-7-10-12-14-22-31-39(32-23-15-13-11-8-5-2)35-25-24-30-38(34-35)40(33-9-6-3,36-26-18-16-19-27-36)37-28-20-17-21-29-37;;/h16-21,24-30,34H,4-15,22-23,31-33H2,1-3H3;2*1H/q+1;;/p-1. The van der Waals surface area contributed by atoms with Gasteiger partial charge in [0.1, 0.15) is 23.2 Å². The van der Waals surface area contributed by atoms with E-state index >= 15 is 0 Å². The van der Waals surface area contributed by atoms with Crippen LogP contribution < -0.4 is 33.2 Å². The Morgan fingerprint density at radius 2 is 0.905 bits per heavy atom. The van der Waals surface area contributed by atoms with Crippen molar-refractivity contribution >= 4 is 41.3 Å². The SMILES string of the molecule is CCCCCCCCN(CCCCCCCC)c1cccc([P+](CCCC)(c2ccccc2)c2ccccc2)c1.Cl.[Cl-]. The van der Waals surface area contributed by atoms with Crippen LogP contribution in [0.5, 0.6) is 0 Å². The molecule has 0 saturated heterocycles. The average molecular weight is 631 g/mol. The summed E-state index contributed by atoms with van der Waals surface area (Å²) in [6.45, 7) is 9.32. The second-order valence-corrected chi connectivity index (χ2v) is 15.2. The van der Waals surface area contributed by atoms with Crippen molar-refractivity contribution in [3.05, 3.63) is 84.9 Å². The molecule has 234 valence electrons. The summed E-state index contributed by atoms with van der Waals surface area (Å²) in [4.78, 5) is 2.73. The molecule has 1 nitrogen and oxygen atoms in total. The van der Waals surface area contributed by atoms with Crippen molar-refractivity contribution in [2.75, 3.05) is 24.2 Å². The molecule has 4 heteroatoms. The Bertz CT molecular complexity index is 988. The zero-order valence-electron chi connectivity index (χ0n) is 26.8. The number of benzene rings is 3. The zero-order chi connectivity index (χ0) is 28.3. The van der Waals surface area contributed by atoms with Crippen LogP contribution >= 0.6 is 19.7 Å². The topological polar surface area (TPSA) is 3.24 Å². The van der Waals surface area contributed by atoms with Crippen molar-refractivity contribution in [2.45, 2.75) is 111 Å². The van der Waals surface area contributed by atoms with Gasteiger partial charge < -0.3 is 17.3 Å². The molecule has 0 bridgehead atoms. The third kappa shape index (κ3) is 11.9. The number of unbranched alkanes of at least 4 members (excludes halogenated alkanes) is 11. The first-order valence-electron chi connectivity index (χ1n) is 16.6. The summed E-state index contributed by atoms with van der Waals surface area (Å²) in [5.41, 5.74) is 1.44. The van der Waals surface area contributed by atoms with Crippen molar-refractivity contribution in [3.8, 4) is 0 Å². The van der Waals surface area contributed by atoms with Gasteiger partial charge in [-0.15, -0.1) is 12.4 Å². The summed E-state index contributed by atoms with van der Waals surface area (Å²) in [5.74, 6) is 0. The Labute approximate surface area is 272 Å². The van der Waals surface area contributed by atoms with E-state index < -0.39 is 7.26 Å². The van der Waals surface area contributed by atoms with Crippen LogP contribution in [-0.2, 0) is 0 Å². The van der Waals surface area contributed by atoms with Crippen LogP contribution in [0.3, 0.4) is 0 Å². The van der Waals surface area contributed by atoms with Crippen LogP contribution in [0.2, 0.25) is 0 Å². The van der Waals surface area contributed by atoms with Gasteiger partial charge in [-0.05, 0) is 55.7 Å². The maximum atomic E-state index is 2.73. The van der Waals surface area contributed by atoms with Gasteiger partial charge in [0.05, 0.1) is 6.16 Å². The largest absolute Gasteiger partial charge is 1.00 e. The van der Waals surface area contributed by atoms with E-state index in [9.17, 15) is 0 Å². The van der Waals surface area contributed by atoms with E-state index in [2.05, 4.69) is 111 Å². The number of anilines is 1. The molecule has 3 aromatic rings. The second kappa shape index (κ2) is 22.9. The first kappa shape index (κ1) is 38.5. The molecule has 0 amide bonds. The van der Waals surface area contributed by atoms with Crippen molar-refractivity contribution in [2.24, 2.45) is 0 Å². The normalized spacial score (nSPS) is 11.0. The lowest BCUT2D eigenvalue weighted by Crippen LogP contribution is -3.00. The van der Waals surface area contributed by atoms with Gasteiger partial charge in [0.25, 0.3) is 0 Å². The van der Waals surface area contributed by atoms with E-state index in [0.29, 0.717) is 0 Å². The predicted molar refractivity (Wildman–Crippen MR) is 191 cm³/mol. The van der Waals surface area contributed by atoms with E-state index in [1.807, 2.05) is 0 Å². The maximum Gasteiger partial charge on any atom is 0.112 e. The van der Waals surface area contributed by atoms with Gasteiger partial charge in [-0.25, -0.2) is 0 Å². The number of rotatable bonds is 21. The lowest BCUT2D eigenvalue weighted by molar-refractivity contribution is -0.00000848. The molecule has 0 aliphatic rings. The molecule has 42 heavy (non-hydrogen) atoms. The third-order valence-electron chi connectivity index (χ3n) is 8.44. The monoisotopic (exact) mass is 629 g/mol. The molecular formula is C38H58Cl2NP. The molecule has 0 saturated carbocycles. The van der Waals surface area contributed by atoms with E-state index in [1.165, 1.54) is 125 Å². The van der Waals surface area contributed by atoms with E-state index in [-0.39, 0.29) is 24.8 Å². The smallest absolute Gasteiger partial charge is 0.112 e. The molecule has 0 unspecified atom stereocenters. The molecule has 0 atom stereocenters. The molecule has 0 aliphatic carbocycles. The van der Waals surface area contributed by atoms with Gasteiger partial charge in [-0.1, -0.05) is 134 Å². The third-order valence-corrected chi connectivity index (χ3v) is 12.9. The Hall–Kier alpha value is -1.53. The fourth-order valence-electron chi connectivity index (χ4n) is 6.06. The molecule has 0 aromatic heterocycles. The molecule has 0 aliphatic heterocycles. The average Bonchev–Trinajstić information content (AvgIpc) is 3.01. The van der Waals surface area contributed by atoms with Crippen LogP contribution in [0.15, 0.2) is 84.9 Å². The van der Waals surface area contributed by atoms with Crippen LogP contribution in [0.4, 0.5) is 5.69 Å². The minimum atomic E-state index is -1.75. The number of hydrogen-bond donors (Lipinski definition) is 0. The van der Waals surface area contributed by atoms with Crippen molar-refractivity contribution in [3.63, 3.8) is 0 Å². The predicted octanol–water partition coefficient (Wildman–Crippen LogP) is 7.73. The summed E-state index contributed by atoms with van der Waals surface area (Å²) in [7, 11) is -1.75. The van der Waals surface area contributed by atoms with Gasteiger partial charge >= 0.3 is 0 Å². The van der Waals surface area contributed by atoms with Crippen molar-refractivity contribution in [1.82, 2.24) is 0 Å². The number of hydrogen-bond acceptors (Lipinski definition) is 1. The molecular weight excluding hydrogens is 572 g/mol. The lowest BCUT2D eigenvalue weighted by atomic mass is 10.1. The molecule has 0 radical (unpaired) electrons. The maximum absolute atomic E-state index is 2.73. The van der Waals surface area contributed by atoms with Gasteiger partial charge in [0, 0.05) is 24.8 Å². The molecule has 3 aromatic carbocycles. The van der Waals surface area contributed by atoms with E-state index in [0.717, 1.165) is 0 Å². The minimum Gasteiger partial charge on any atom is -1.00 e. The van der Waals surface area contributed by atoms with Gasteiger partial charge in [-0.2, -0.15) is 0 Å². The number of halogens is 2. The quantitative estimate of drug-likeness (QED) is 0.0860. The highest BCUT2D eigenvalue weighted by atomic mass is 35.5. The highest BCUT2D eigenvalue weighted by Gasteiger charge is 2.44. The van der Waals surface area contributed by atoms with Crippen molar-refractivity contribution < 1.29 is 12.4 Å². The first-order chi connectivity index (χ1) is 19.8. The van der Waals surface area contributed by atoms with Crippen LogP contribution in [0, 0.1) is 0 Å². The summed E-state index contributed by atoms with van der Waals surface area (Å²) >= 11 is 0. The summed E-state index contributed by atoms with van der Waals surface area (Å²) in [6, 6.07) is 32.7. The summed E-state index contributed by atoms with van der Waals surface area (Å²) < 4.78 is 0. The molecule has 0 heterocycles. The highest BCUT2D eigenvalue weighted by Crippen LogP contribution is 2.56. The van der Waals surface area contributed by atoms with Gasteiger partial charge in [0.15, 0.2) is 0 Å². The molecule has 3 rings (SSSR count). The van der Waals surface area contributed by atoms with Crippen molar-refractivity contribution in [1.29, 1.82) is 0 Å². The first-order valence-corrected chi connectivity index (χ1v) is 18.6. The Balaban J connectivity index is 0.00000441. The Kier molecular flexibility index (Phi) is 21.0. The molecule has 0 N–H and O–H groups in total. The van der Waals surface area contributed by atoms with E-state index in [4.69, 9.17) is 0 Å². The van der Waals surface area contributed by atoms with Gasteiger partial charge in [0.2, 0.25) is 0 Å². The van der Waals surface area contributed by atoms with Gasteiger partial charge in [-0.3, -0.25) is 0 Å². The van der Waals surface area contributed by atoms with Crippen LogP contribution in [-0.4, -0.2) is 19.3 Å². The second-order valence-electron chi connectivity index (χ2n) is 11.6. The zero-order valence-corrected chi connectivity index (χ0v) is 29.3. The van der Waals surface area contributed by atoms with E-state index in [1.54, 1.807) is 5.30 Å². The Morgan fingerprint density at radius 3 is 1.38 bits per heavy atom. The van der Waals surface area contributed by atoms with Crippen LogP contribution in [0.1, 0.15) is 111 Å². The Morgan fingerprint density at radius 1 is 0.476 bits per heavy atom. The molecule has 0 spiro atoms. The fraction of sp³-hybridized carbons (Fsp3) is 0.526. The summed E-state index contributed by atoms with van der Waals surface area (Å²) in [5, 5.41) is 4.59. The van der Waals surface area contributed by atoms with Crippen LogP contribution in [0.25, 0.3) is 0 Å². The summed E-state index contributed by atoms with van der Waals surface area (Å²) in [6.07, 6.45) is 20.0. The molecule has 0 fully saturated rings.